The van der Waals surface area contributed by atoms with E-state index in [1.54, 1.807) is 0 Å². The molecule has 5 nitrogen and oxygen atoms in total. The van der Waals surface area contributed by atoms with E-state index in [2.05, 4.69) is 10.3 Å². The zero-order valence-electron chi connectivity index (χ0n) is 15.7. The lowest BCUT2D eigenvalue weighted by molar-refractivity contribution is -0.108. The SMILES string of the molecule is O=CCC(c1ccccc1)C(c1cc2ccccc2o1)n1nnc2ccccc21. The first-order chi connectivity index (χ1) is 14.3. The Morgan fingerprint density at radius 1 is 0.931 bits per heavy atom. The Balaban J connectivity index is 1.75. The number of furan rings is 1. The van der Waals surface area contributed by atoms with Crippen LogP contribution < -0.4 is 0 Å². The third-order valence-electron chi connectivity index (χ3n) is 5.34. The minimum atomic E-state index is -0.303. The van der Waals surface area contributed by atoms with Crippen LogP contribution >= 0.6 is 0 Å². The summed E-state index contributed by atoms with van der Waals surface area (Å²) in [4.78, 5) is 11.7. The molecule has 5 aromatic rings. The second kappa shape index (κ2) is 7.36. The highest BCUT2D eigenvalue weighted by Crippen LogP contribution is 2.39. The van der Waals surface area contributed by atoms with E-state index >= 15 is 0 Å². The number of para-hydroxylation sites is 2. The molecule has 0 saturated heterocycles. The predicted octanol–water partition coefficient (Wildman–Crippen LogP) is 5.14. The molecule has 5 heteroatoms. The average Bonchev–Trinajstić information content (AvgIpc) is 3.39. The van der Waals surface area contributed by atoms with Crippen LogP contribution in [0.1, 0.15) is 29.7 Å². The van der Waals surface area contributed by atoms with Crippen molar-refractivity contribution in [3.8, 4) is 0 Å². The Hall–Kier alpha value is -3.73. The fraction of sp³-hybridized carbons (Fsp3) is 0.125. The van der Waals surface area contributed by atoms with Gasteiger partial charge in [-0.2, -0.15) is 0 Å². The topological polar surface area (TPSA) is 60.9 Å². The Morgan fingerprint density at radius 3 is 2.52 bits per heavy atom. The first kappa shape index (κ1) is 17.4. The Bertz CT molecular complexity index is 1240. The molecule has 0 aliphatic heterocycles. The molecule has 0 fully saturated rings. The van der Waals surface area contributed by atoms with Crippen molar-refractivity contribution < 1.29 is 9.21 Å². The Kier molecular flexibility index (Phi) is 4.41. The van der Waals surface area contributed by atoms with Gasteiger partial charge in [0.15, 0.2) is 0 Å². The minimum Gasteiger partial charge on any atom is -0.459 e. The van der Waals surface area contributed by atoms with Crippen LogP contribution in [-0.4, -0.2) is 21.3 Å². The van der Waals surface area contributed by atoms with Gasteiger partial charge in [-0.1, -0.05) is 65.9 Å². The standard InChI is InChI=1S/C24H19N3O2/c28-15-14-19(17-8-2-1-3-9-17)24(23-16-18-10-4-7-13-22(18)29-23)27-21-12-6-5-11-20(21)25-26-27/h1-13,15-16,19,24H,14H2. The number of hydrogen-bond acceptors (Lipinski definition) is 4. The molecule has 2 aromatic heterocycles. The van der Waals surface area contributed by atoms with E-state index in [-0.39, 0.29) is 12.0 Å². The molecule has 0 aliphatic rings. The van der Waals surface area contributed by atoms with E-state index in [1.165, 1.54) is 0 Å². The highest BCUT2D eigenvalue weighted by molar-refractivity contribution is 5.78. The number of carbonyl (C=O) groups excluding carboxylic acids is 1. The van der Waals surface area contributed by atoms with Crippen LogP contribution in [0.25, 0.3) is 22.0 Å². The fourth-order valence-electron chi connectivity index (χ4n) is 3.98. The van der Waals surface area contributed by atoms with Crippen molar-refractivity contribution in [1.82, 2.24) is 15.0 Å². The molecule has 0 saturated carbocycles. The molecule has 0 radical (unpaired) electrons. The summed E-state index contributed by atoms with van der Waals surface area (Å²) in [6.07, 6.45) is 1.31. The van der Waals surface area contributed by atoms with Crippen LogP contribution in [-0.2, 0) is 4.79 Å². The van der Waals surface area contributed by atoms with Crippen molar-refractivity contribution in [2.24, 2.45) is 0 Å². The highest BCUT2D eigenvalue weighted by atomic mass is 16.3. The summed E-state index contributed by atoms with van der Waals surface area (Å²) < 4.78 is 8.13. The van der Waals surface area contributed by atoms with Gasteiger partial charge < -0.3 is 9.21 Å². The largest absolute Gasteiger partial charge is 0.459 e. The summed E-state index contributed by atoms with van der Waals surface area (Å²) in [5, 5.41) is 9.82. The van der Waals surface area contributed by atoms with Crippen LogP contribution in [0.15, 0.2) is 89.3 Å². The van der Waals surface area contributed by atoms with Crippen LogP contribution in [0, 0.1) is 0 Å². The third-order valence-corrected chi connectivity index (χ3v) is 5.34. The number of carbonyl (C=O) groups is 1. The van der Waals surface area contributed by atoms with Gasteiger partial charge in [-0.15, -0.1) is 5.10 Å². The number of aromatic nitrogens is 3. The maximum absolute atomic E-state index is 11.7. The first-order valence-corrected chi connectivity index (χ1v) is 9.62. The van der Waals surface area contributed by atoms with Crippen LogP contribution in [0.5, 0.6) is 0 Å². The summed E-state index contributed by atoms with van der Waals surface area (Å²) in [6.45, 7) is 0. The predicted molar refractivity (Wildman–Crippen MR) is 112 cm³/mol. The number of fused-ring (bicyclic) bond motifs is 2. The van der Waals surface area contributed by atoms with Crippen molar-refractivity contribution in [2.75, 3.05) is 0 Å². The lowest BCUT2D eigenvalue weighted by Crippen LogP contribution is -2.21. The Morgan fingerprint density at radius 2 is 1.69 bits per heavy atom. The summed E-state index contributed by atoms with van der Waals surface area (Å²) in [7, 11) is 0. The van der Waals surface area contributed by atoms with E-state index in [9.17, 15) is 4.79 Å². The molecule has 0 amide bonds. The third kappa shape index (κ3) is 3.10. The van der Waals surface area contributed by atoms with Gasteiger partial charge in [-0.05, 0) is 29.8 Å². The molecule has 0 bridgehead atoms. The van der Waals surface area contributed by atoms with Crippen LogP contribution in [0.4, 0.5) is 0 Å². The number of rotatable bonds is 6. The molecular weight excluding hydrogens is 362 g/mol. The average molecular weight is 381 g/mol. The van der Waals surface area contributed by atoms with Crippen molar-refractivity contribution >= 4 is 28.3 Å². The summed E-state index contributed by atoms with van der Waals surface area (Å²) in [5.41, 5.74) is 3.59. The van der Waals surface area contributed by atoms with Crippen molar-refractivity contribution in [3.63, 3.8) is 0 Å². The molecule has 2 heterocycles. The van der Waals surface area contributed by atoms with E-state index < -0.39 is 0 Å². The van der Waals surface area contributed by atoms with Gasteiger partial charge in [-0.3, -0.25) is 0 Å². The first-order valence-electron chi connectivity index (χ1n) is 9.62. The van der Waals surface area contributed by atoms with E-state index in [0.29, 0.717) is 6.42 Å². The van der Waals surface area contributed by atoms with Crippen molar-refractivity contribution in [1.29, 1.82) is 0 Å². The lowest BCUT2D eigenvalue weighted by atomic mass is 9.87. The van der Waals surface area contributed by atoms with Crippen LogP contribution in [0.3, 0.4) is 0 Å². The molecule has 0 spiro atoms. The fourth-order valence-corrected chi connectivity index (χ4v) is 3.98. The van der Waals surface area contributed by atoms with Gasteiger partial charge >= 0.3 is 0 Å². The summed E-state index contributed by atoms with van der Waals surface area (Å²) in [5.74, 6) is 0.622. The molecule has 2 atom stereocenters. The van der Waals surface area contributed by atoms with Gasteiger partial charge in [0.1, 0.15) is 29.2 Å². The summed E-state index contributed by atoms with van der Waals surface area (Å²) >= 11 is 0. The molecule has 5 rings (SSSR count). The molecule has 0 aliphatic carbocycles. The molecule has 3 aromatic carbocycles. The van der Waals surface area contributed by atoms with E-state index in [4.69, 9.17) is 4.42 Å². The van der Waals surface area contributed by atoms with Crippen molar-refractivity contribution in [3.05, 3.63) is 96.3 Å². The minimum absolute atomic E-state index is 0.139. The number of benzene rings is 3. The number of nitrogens with zero attached hydrogens (tertiary/aromatic N) is 3. The van der Waals surface area contributed by atoms with Gasteiger partial charge in [0, 0.05) is 17.7 Å². The monoisotopic (exact) mass is 381 g/mol. The van der Waals surface area contributed by atoms with E-state index in [1.807, 2.05) is 89.6 Å². The molecule has 142 valence electrons. The number of hydrogen-bond donors (Lipinski definition) is 0. The van der Waals surface area contributed by atoms with Gasteiger partial charge in [0.2, 0.25) is 0 Å². The van der Waals surface area contributed by atoms with Gasteiger partial charge in [-0.25, -0.2) is 4.68 Å². The second-order valence-electron chi connectivity index (χ2n) is 7.07. The second-order valence-corrected chi connectivity index (χ2v) is 7.07. The molecular formula is C24H19N3O2. The van der Waals surface area contributed by atoms with Crippen LogP contribution in [0.2, 0.25) is 0 Å². The molecule has 2 unspecified atom stereocenters. The van der Waals surface area contributed by atoms with Gasteiger partial charge in [0.05, 0.1) is 5.52 Å². The highest BCUT2D eigenvalue weighted by Gasteiger charge is 2.31. The van der Waals surface area contributed by atoms with Crippen molar-refractivity contribution in [2.45, 2.75) is 18.4 Å². The molecule has 0 N–H and O–H groups in total. The van der Waals surface area contributed by atoms with E-state index in [0.717, 1.165) is 39.6 Å². The lowest BCUT2D eigenvalue weighted by Gasteiger charge is -2.25. The summed E-state index contributed by atoms with van der Waals surface area (Å²) in [6, 6.07) is 27.5. The maximum atomic E-state index is 11.7. The molecule has 29 heavy (non-hydrogen) atoms. The quantitative estimate of drug-likeness (QED) is 0.382. The zero-order chi connectivity index (χ0) is 19.6. The smallest absolute Gasteiger partial charge is 0.134 e. The zero-order valence-corrected chi connectivity index (χ0v) is 15.7. The Labute approximate surface area is 167 Å². The number of aldehydes is 1. The maximum Gasteiger partial charge on any atom is 0.134 e. The normalized spacial score (nSPS) is 13.5. The van der Waals surface area contributed by atoms with Gasteiger partial charge in [0.25, 0.3) is 0 Å².